The molecule has 4 heteroatoms. The molecule has 0 saturated heterocycles. The Labute approximate surface area is 124 Å². The van der Waals surface area contributed by atoms with E-state index in [1.54, 1.807) is 7.11 Å². The lowest BCUT2D eigenvalue weighted by molar-refractivity contribution is 0.412. The molecule has 3 nitrogen and oxygen atoms in total. The number of nitrogens with one attached hydrogen (secondary N) is 1. The molecule has 2 aromatic rings. The van der Waals surface area contributed by atoms with E-state index in [2.05, 4.69) is 24.4 Å². The Morgan fingerprint density at radius 2 is 2.25 bits per heavy atom. The number of hydrogen-bond donors (Lipinski definition) is 1. The van der Waals surface area contributed by atoms with Crippen molar-refractivity contribution in [1.29, 1.82) is 0 Å². The monoisotopic (exact) mass is 288 g/mol. The van der Waals surface area contributed by atoms with Crippen LogP contribution in [-0.4, -0.2) is 19.1 Å². The zero-order valence-electron chi connectivity index (χ0n) is 12.2. The van der Waals surface area contributed by atoms with Crippen LogP contribution in [0.2, 0.25) is 0 Å². The summed E-state index contributed by atoms with van der Waals surface area (Å²) in [6.45, 7) is 2.08. The lowest BCUT2D eigenvalue weighted by atomic mass is 9.98. The van der Waals surface area contributed by atoms with Crippen molar-refractivity contribution in [2.24, 2.45) is 0 Å². The van der Waals surface area contributed by atoms with Gasteiger partial charge in [-0.25, -0.2) is 4.98 Å². The van der Waals surface area contributed by atoms with Gasteiger partial charge in [0.2, 0.25) is 0 Å². The molecule has 3 rings (SSSR count). The lowest BCUT2D eigenvalue weighted by Gasteiger charge is -2.19. The largest absolute Gasteiger partial charge is 0.496 e. The van der Waals surface area contributed by atoms with Crippen molar-refractivity contribution in [3.05, 3.63) is 34.3 Å². The molecule has 1 aliphatic carbocycles. The van der Waals surface area contributed by atoms with Crippen molar-refractivity contribution in [1.82, 2.24) is 10.3 Å². The van der Waals surface area contributed by atoms with Crippen molar-refractivity contribution in [3.63, 3.8) is 0 Å². The second-order valence-electron chi connectivity index (χ2n) is 5.25. The van der Waals surface area contributed by atoms with Gasteiger partial charge in [-0.2, -0.15) is 0 Å². The van der Waals surface area contributed by atoms with E-state index in [9.17, 15) is 0 Å². The molecule has 1 aliphatic rings. The number of nitrogens with zero attached hydrogens (tertiary/aromatic N) is 1. The molecule has 0 fully saturated rings. The van der Waals surface area contributed by atoms with Crippen molar-refractivity contribution >= 4 is 11.3 Å². The van der Waals surface area contributed by atoms with Gasteiger partial charge in [-0.1, -0.05) is 0 Å². The molecule has 106 valence electrons. The maximum absolute atomic E-state index is 5.32. The smallest absolute Gasteiger partial charge is 0.123 e. The summed E-state index contributed by atoms with van der Waals surface area (Å²) < 4.78 is 5.32. The first-order chi connectivity index (χ1) is 9.72. The molecular formula is C16H20N2OS. The lowest BCUT2D eigenvalue weighted by Crippen LogP contribution is -2.19. The fourth-order valence-electron chi connectivity index (χ4n) is 2.83. The molecule has 0 saturated carbocycles. The van der Waals surface area contributed by atoms with Crippen LogP contribution >= 0.6 is 11.3 Å². The Bertz CT molecular complexity index is 621. The zero-order valence-corrected chi connectivity index (χ0v) is 13.0. The number of fused-ring (bicyclic) bond motifs is 1. The standard InChI is InChI=1S/C16H20N2OS/c1-10-9-11(7-8-14(10)19-3)16-18-13-6-4-5-12(17-2)15(13)20-16/h7-9,12,17H,4-6H2,1-3H3. The van der Waals surface area contributed by atoms with Crippen molar-refractivity contribution in [3.8, 4) is 16.3 Å². The topological polar surface area (TPSA) is 34.2 Å². The minimum atomic E-state index is 0.476. The van der Waals surface area contributed by atoms with Gasteiger partial charge in [-0.3, -0.25) is 0 Å². The van der Waals surface area contributed by atoms with Crippen molar-refractivity contribution in [2.45, 2.75) is 32.2 Å². The van der Waals surface area contributed by atoms with E-state index in [-0.39, 0.29) is 0 Å². The van der Waals surface area contributed by atoms with Crippen LogP contribution in [0.25, 0.3) is 10.6 Å². The van der Waals surface area contributed by atoms with Crippen LogP contribution in [0.3, 0.4) is 0 Å². The normalized spacial score (nSPS) is 17.9. The summed E-state index contributed by atoms with van der Waals surface area (Å²) in [5, 5.41) is 4.53. The number of ether oxygens (including phenoxy) is 1. The van der Waals surface area contributed by atoms with Crippen LogP contribution in [0.5, 0.6) is 5.75 Å². The number of aryl methyl sites for hydroxylation is 2. The van der Waals surface area contributed by atoms with E-state index in [1.807, 2.05) is 24.5 Å². The van der Waals surface area contributed by atoms with Gasteiger partial charge in [0.1, 0.15) is 10.8 Å². The predicted molar refractivity (Wildman–Crippen MR) is 83.6 cm³/mol. The Kier molecular flexibility index (Phi) is 3.76. The first kappa shape index (κ1) is 13.6. The molecule has 1 atom stereocenters. The van der Waals surface area contributed by atoms with Crippen LogP contribution in [0.4, 0.5) is 0 Å². The fraction of sp³-hybridized carbons (Fsp3) is 0.438. The van der Waals surface area contributed by atoms with Gasteiger partial charge in [0, 0.05) is 16.5 Å². The number of hydrogen-bond acceptors (Lipinski definition) is 4. The van der Waals surface area contributed by atoms with Crippen LogP contribution < -0.4 is 10.1 Å². The molecule has 1 aromatic heterocycles. The van der Waals surface area contributed by atoms with Gasteiger partial charge in [-0.05, 0) is 57.0 Å². The highest BCUT2D eigenvalue weighted by atomic mass is 32.1. The maximum Gasteiger partial charge on any atom is 0.123 e. The molecule has 1 unspecified atom stereocenters. The highest BCUT2D eigenvalue weighted by molar-refractivity contribution is 7.15. The quantitative estimate of drug-likeness (QED) is 0.934. The summed E-state index contributed by atoms with van der Waals surface area (Å²) in [6.07, 6.45) is 3.55. The Morgan fingerprint density at radius 1 is 1.40 bits per heavy atom. The molecule has 0 spiro atoms. The Morgan fingerprint density at radius 3 is 2.95 bits per heavy atom. The van der Waals surface area contributed by atoms with Crippen LogP contribution in [0, 0.1) is 6.92 Å². The summed E-state index contributed by atoms with van der Waals surface area (Å²) in [4.78, 5) is 6.27. The van der Waals surface area contributed by atoms with Gasteiger partial charge in [0.05, 0.1) is 12.8 Å². The SMILES string of the molecule is CNC1CCCc2nc(-c3ccc(OC)c(C)c3)sc21. The number of methoxy groups -OCH3 is 1. The summed E-state index contributed by atoms with van der Waals surface area (Å²) in [7, 11) is 3.75. The van der Waals surface area contributed by atoms with Crippen molar-refractivity contribution < 1.29 is 4.74 Å². The third-order valence-corrected chi connectivity index (χ3v) is 5.20. The number of thiazole rings is 1. The highest BCUT2D eigenvalue weighted by Crippen LogP contribution is 2.38. The number of benzene rings is 1. The van der Waals surface area contributed by atoms with Gasteiger partial charge in [0.25, 0.3) is 0 Å². The van der Waals surface area contributed by atoms with Crippen LogP contribution in [-0.2, 0) is 6.42 Å². The van der Waals surface area contributed by atoms with Gasteiger partial charge in [-0.15, -0.1) is 11.3 Å². The molecule has 0 bridgehead atoms. The second-order valence-corrected chi connectivity index (χ2v) is 6.28. The zero-order chi connectivity index (χ0) is 14.1. The molecule has 1 heterocycles. The molecule has 1 aromatic carbocycles. The molecule has 0 radical (unpaired) electrons. The number of aromatic nitrogens is 1. The molecule has 0 aliphatic heterocycles. The van der Waals surface area contributed by atoms with Gasteiger partial charge < -0.3 is 10.1 Å². The van der Waals surface area contributed by atoms with Crippen LogP contribution in [0.1, 0.15) is 35.0 Å². The molecule has 0 amide bonds. The third-order valence-electron chi connectivity index (χ3n) is 3.94. The van der Waals surface area contributed by atoms with E-state index in [1.165, 1.54) is 29.0 Å². The van der Waals surface area contributed by atoms with E-state index >= 15 is 0 Å². The van der Waals surface area contributed by atoms with E-state index in [4.69, 9.17) is 9.72 Å². The summed E-state index contributed by atoms with van der Waals surface area (Å²) >= 11 is 1.83. The highest BCUT2D eigenvalue weighted by Gasteiger charge is 2.23. The van der Waals surface area contributed by atoms with E-state index in [0.29, 0.717) is 6.04 Å². The fourth-order valence-corrected chi connectivity index (χ4v) is 4.08. The Hall–Kier alpha value is -1.39. The van der Waals surface area contributed by atoms with E-state index < -0.39 is 0 Å². The average molecular weight is 288 g/mol. The van der Waals surface area contributed by atoms with Crippen LogP contribution in [0.15, 0.2) is 18.2 Å². The molecular weight excluding hydrogens is 268 g/mol. The second kappa shape index (κ2) is 5.54. The summed E-state index contributed by atoms with van der Waals surface area (Å²) in [6, 6.07) is 6.77. The minimum absolute atomic E-state index is 0.476. The van der Waals surface area contributed by atoms with Gasteiger partial charge in [0.15, 0.2) is 0 Å². The Balaban J connectivity index is 1.99. The number of rotatable bonds is 3. The summed E-state index contributed by atoms with van der Waals surface area (Å²) in [5.74, 6) is 0.933. The van der Waals surface area contributed by atoms with Crippen molar-refractivity contribution in [2.75, 3.05) is 14.2 Å². The first-order valence-electron chi connectivity index (χ1n) is 7.05. The van der Waals surface area contributed by atoms with Gasteiger partial charge >= 0.3 is 0 Å². The average Bonchev–Trinajstić information content (AvgIpc) is 2.91. The van der Waals surface area contributed by atoms with E-state index in [0.717, 1.165) is 22.7 Å². The third kappa shape index (κ3) is 2.34. The molecule has 1 N–H and O–H groups in total. The molecule has 20 heavy (non-hydrogen) atoms. The maximum atomic E-state index is 5.32. The summed E-state index contributed by atoms with van der Waals surface area (Å²) in [5.41, 5.74) is 3.63. The minimum Gasteiger partial charge on any atom is -0.496 e. The first-order valence-corrected chi connectivity index (χ1v) is 7.86. The predicted octanol–water partition coefficient (Wildman–Crippen LogP) is 3.72.